The first-order valence-electron chi connectivity index (χ1n) is 9.39. The number of likely N-dealkylation sites (tertiary alicyclic amines) is 2. The molecule has 0 bridgehead atoms. The summed E-state index contributed by atoms with van der Waals surface area (Å²) in [5, 5.41) is 0. The zero-order valence-corrected chi connectivity index (χ0v) is 14.4. The lowest BCUT2D eigenvalue weighted by Crippen LogP contribution is -2.43. The molecule has 0 aliphatic carbocycles. The van der Waals surface area contributed by atoms with Gasteiger partial charge in [-0.05, 0) is 50.2 Å². The van der Waals surface area contributed by atoms with Crippen LogP contribution in [-0.4, -0.2) is 54.1 Å². The number of ether oxygens (including phenoxy) is 1. The van der Waals surface area contributed by atoms with Gasteiger partial charge in [0.2, 0.25) is 5.91 Å². The number of carbonyl (C=O) groups excluding carboxylic acids is 1. The van der Waals surface area contributed by atoms with Crippen LogP contribution in [0, 0.1) is 5.92 Å². The minimum atomic E-state index is 0.0234. The van der Waals surface area contributed by atoms with Gasteiger partial charge in [0.1, 0.15) is 5.76 Å². The van der Waals surface area contributed by atoms with Gasteiger partial charge in [-0.15, -0.1) is 0 Å². The molecule has 1 atom stereocenters. The summed E-state index contributed by atoms with van der Waals surface area (Å²) >= 11 is 0. The summed E-state index contributed by atoms with van der Waals surface area (Å²) in [7, 11) is 0. The molecular formula is C19H28N2O3. The van der Waals surface area contributed by atoms with Crippen molar-refractivity contribution in [3.05, 3.63) is 24.2 Å². The van der Waals surface area contributed by atoms with E-state index in [0.717, 1.165) is 64.4 Å². The smallest absolute Gasteiger partial charge is 0.222 e. The van der Waals surface area contributed by atoms with Crippen molar-refractivity contribution in [3.8, 4) is 0 Å². The first-order valence-corrected chi connectivity index (χ1v) is 9.39. The van der Waals surface area contributed by atoms with Gasteiger partial charge >= 0.3 is 0 Å². The van der Waals surface area contributed by atoms with Crippen molar-refractivity contribution < 1.29 is 13.9 Å². The summed E-state index contributed by atoms with van der Waals surface area (Å²) in [6.45, 7) is 5.66. The Bertz CT molecular complexity index is 543. The van der Waals surface area contributed by atoms with Crippen LogP contribution in [0.15, 0.2) is 22.8 Å². The van der Waals surface area contributed by atoms with Crippen LogP contribution in [0.1, 0.15) is 44.3 Å². The highest BCUT2D eigenvalue weighted by Crippen LogP contribution is 2.40. The molecule has 0 N–H and O–H groups in total. The molecule has 0 aromatic carbocycles. The number of piperidine rings is 1. The number of amides is 1. The van der Waals surface area contributed by atoms with Crippen LogP contribution in [0.5, 0.6) is 0 Å². The van der Waals surface area contributed by atoms with Crippen LogP contribution in [0.3, 0.4) is 0 Å². The van der Waals surface area contributed by atoms with Crippen LogP contribution in [0.2, 0.25) is 0 Å². The van der Waals surface area contributed by atoms with Crippen molar-refractivity contribution in [1.82, 2.24) is 9.80 Å². The lowest BCUT2D eigenvalue weighted by atomic mass is 9.84. The zero-order chi connectivity index (χ0) is 16.4. The van der Waals surface area contributed by atoms with E-state index in [-0.39, 0.29) is 5.60 Å². The number of nitrogens with zero attached hydrogens (tertiary/aromatic N) is 2. The van der Waals surface area contributed by atoms with Crippen molar-refractivity contribution in [3.63, 3.8) is 0 Å². The topological polar surface area (TPSA) is 45.9 Å². The molecule has 5 heteroatoms. The van der Waals surface area contributed by atoms with E-state index in [0.29, 0.717) is 18.2 Å². The summed E-state index contributed by atoms with van der Waals surface area (Å²) in [5.74, 6) is 1.79. The van der Waals surface area contributed by atoms with E-state index in [1.54, 1.807) is 6.26 Å². The summed E-state index contributed by atoms with van der Waals surface area (Å²) in [6.07, 6.45) is 7.96. The minimum absolute atomic E-state index is 0.0234. The van der Waals surface area contributed by atoms with Gasteiger partial charge in [0, 0.05) is 32.6 Å². The largest absolute Gasteiger partial charge is 0.468 e. The molecule has 0 saturated carbocycles. The molecule has 1 spiro atoms. The summed E-state index contributed by atoms with van der Waals surface area (Å²) < 4.78 is 11.7. The fraction of sp³-hybridized carbons (Fsp3) is 0.737. The molecule has 3 aliphatic heterocycles. The molecule has 4 rings (SSSR count). The quantitative estimate of drug-likeness (QED) is 0.850. The van der Waals surface area contributed by atoms with Gasteiger partial charge < -0.3 is 14.1 Å². The number of rotatable bonds is 4. The fourth-order valence-corrected chi connectivity index (χ4v) is 4.50. The van der Waals surface area contributed by atoms with E-state index in [9.17, 15) is 4.79 Å². The summed E-state index contributed by atoms with van der Waals surface area (Å²) in [4.78, 5) is 16.8. The van der Waals surface area contributed by atoms with Crippen LogP contribution in [0.25, 0.3) is 0 Å². The predicted octanol–water partition coefficient (Wildman–Crippen LogP) is 2.66. The summed E-state index contributed by atoms with van der Waals surface area (Å²) in [6, 6.07) is 3.99. The van der Waals surface area contributed by atoms with Crippen molar-refractivity contribution in [2.24, 2.45) is 5.92 Å². The maximum absolute atomic E-state index is 12.4. The van der Waals surface area contributed by atoms with Gasteiger partial charge in [-0.25, -0.2) is 0 Å². The van der Waals surface area contributed by atoms with E-state index in [2.05, 4.69) is 4.90 Å². The molecule has 24 heavy (non-hydrogen) atoms. The molecule has 3 fully saturated rings. The second-order valence-electron chi connectivity index (χ2n) is 7.71. The number of hydrogen-bond acceptors (Lipinski definition) is 4. The van der Waals surface area contributed by atoms with E-state index < -0.39 is 0 Å². The van der Waals surface area contributed by atoms with Gasteiger partial charge in [-0.3, -0.25) is 9.69 Å². The Morgan fingerprint density at radius 2 is 2.00 bits per heavy atom. The third kappa shape index (κ3) is 3.52. The number of hydrogen-bond donors (Lipinski definition) is 0. The van der Waals surface area contributed by atoms with Crippen molar-refractivity contribution in [1.29, 1.82) is 0 Å². The van der Waals surface area contributed by atoms with Crippen molar-refractivity contribution in [2.45, 2.75) is 50.7 Å². The Kier molecular flexibility index (Phi) is 4.63. The maximum Gasteiger partial charge on any atom is 0.222 e. The normalized spacial score (nSPS) is 27.2. The molecule has 1 amide bonds. The zero-order valence-electron chi connectivity index (χ0n) is 14.4. The van der Waals surface area contributed by atoms with Crippen LogP contribution >= 0.6 is 0 Å². The molecule has 1 aromatic heterocycles. The van der Waals surface area contributed by atoms with E-state index in [4.69, 9.17) is 9.15 Å². The Labute approximate surface area is 143 Å². The molecule has 3 aliphatic rings. The molecular weight excluding hydrogens is 304 g/mol. The van der Waals surface area contributed by atoms with Gasteiger partial charge in [0.15, 0.2) is 0 Å². The van der Waals surface area contributed by atoms with Crippen molar-refractivity contribution in [2.75, 3.05) is 32.8 Å². The Balaban J connectivity index is 1.25. The molecule has 4 heterocycles. The predicted molar refractivity (Wildman–Crippen MR) is 90.4 cm³/mol. The molecule has 0 unspecified atom stereocenters. The molecule has 132 valence electrons. The van der Waals surface area contributed by atoms with Gasteiger partial charge in [-0.2, -0.15) is 0 Å². The van der Waals surface area contributed by atoms with E-state index >= 15 is 0 Å². The lowest BCUT2D eigenvalue weighted by molar-refractivity contribution is -0.131. The Morgan fingerprint density at radius 1 is 1.21 bits per heavy atom. The first-order chi connectivity index (χ1) is 11.7. The van der Waals surface area contributed by atoms with Crippen LogP contribution in [0.4, 0.5) is 0 Å². The van der Waals surface area contributed by atoms with Crippen LogP contribution < -0.4 is 0 Å². The first kappa shape index (κ1) is 16.2. The Hall–Kier alpha value is -1.33. The fourth-order valence-electron chi connectivity index (χ4n) is 4.50. The second-order valence-corrected chi connectivity index (χ2v) is 7.71. The highest BCUT2D eigenvalue weighted by Gasteiger charge is 2.43. The molecule has 1 aromatic rings. The molecule has 5 nitrogen and oxygen atoms in total. The Morgan fingerprint density at radius 3 is 2.71 bits per heavy atom. The third-order valence-corrected chi connectivity index (χ3v) is 5.93. The third-order valence-electron chi connectivity index (χ3n) is 5.93. The lowest BCUT2D eigenvalue weighted by Gasteiger charge is -2.38. The highest BCUT2D eigenvalue weighted by molar-refractivity contribution is 5.76. The van der Waals surface area contributed by atoms with Crippen molar-refractivity contribution >= 4 is 5.91 Å². The summed E-state index contributed by atoms with van der Waals surface area (Å²) in [5.41, 5.74) is 0.0234. The number of carbonyl (C=O) groups is 1. The van der Waals surface area contributed by atoms with Gasteiger partial charge in [0.05, 0.1) is 25.0 Å². The average molecular weight is 332 g/mol. The van der Waals surface area contributed by atoms with Gasteiger partial charge in [-0.1, -0.05) is 0 Å². The van der Waals surface area contributed by atoms with E-state index in [1.807, 2.05) is 17.0 Å². The van der Waals surface area contributed by atoms with E-state index in [1.165, 1.54) is 12.8 Å². The number of furan rings is 1. The average Bonchev–Trinajstić information content (AvgIpc) is 3.33. The highest BCUT2D eigenvalue weighted by atomic mass is 16.5. The SMILES string of the molecule is O=C(C[C@@H]1COC2(CCN(Cc3ccco3)CC2)C1)N1CCCC1. The maximum atomic E-state index is 12.4. The standard InChI is InChI=1S/C19H28N2O3/c22-18(21-7-1-2-8-21)12-16-13-19(24-15-16)5-9-20(10-6-19)14-17-4-3-11-23-17/h3-4,11,16H,1-2,5-10,12-15H2/t16-/m0/s1. The second kappa shape index (κ2) is 6.89. The van der Waals surface area contributed by atoms with Gasteiger partial charge in [0.25, 0.3) is 0 Å². The van der Waals surface area contributed by atoms with Crippen LogP contribution in [-0.2, 0) is 16.1 Å². The molecule has 3 saturated heterocycles. The minimum Gasteiger partial charge on any atom is -0.468 e. The molecule has 0 radical (unpaired) electrons. The monoisotopic (exact) mass is 332 g/mol.